The second kappa shape index (κ2) is 6.40. The molecule has 4 rings (SSSR count). The number of likely N-dealkylation sites (tertiary alicyclic amines) is 1. The Labute approximate surface area is 143 Å². The number of tetrazole rings is 1. The lowest BCUT2D eigenvalue weighted by molar-refractivity contribution is 0.165. The van der Waals surface area contributed by atoms with Crippen LogP contribution >= 0.6 is 11.3 Å². The van der Waals surface area contributed by atoms with Gasteiger partial charge in [0.1, 0.15) is 5.82 Å². The highest BCUT2D eigenvalue weighted by atomic mass is 32.1. The first-order valence-corrected chi connectivity index (χ1v) is 8.94. The van der Waals surface area contributed by atoms with Crippen LogP contribution in [0.3, 0.4) is 0 Å². The molecule has 3 aromatic heterocycles. The Kier molecular flexibility index (Phi) is 4.11. The van der Waals surface area contributed by atoms with Crippen molar-refractivity contribution < 1.29 is 0 Å². The lowest BCUT2D eigenvalue weighted by atomic mass is 9.94. The molecule has 126 valence electrons. The van der Waals surface area contributed by atoms with E-state index in [1.807, 2.05) is 18.3 Å². The Morgan fingerprint density at radius 1 is 1.38 bits per heavy atom. The van der Waals surface area contributed by atoms with E-state index in [4.69, 9.17) is 0 Å². The molecule has 1 aliphatic heterocycles. The molecule has 4 heterocycles. The van der Waals surface area contributed by atoms with Crippen molar-refractivity contribution in [1.82, 2.24) is 35.1 Å². The maximum Gasteiger partial charge on any atom is 0.200 e. The summed E-state index contributed by atoms with van der Waals surface area (Å²) in [5.41, 5.74) is 0.656. The van der Waals surface area contributed by atoms with E-state index >= 15 is 0 Å². The molecule has 1 saturated heterocycles. The Hall–Kier alpha value is -2.13. The molecule has 1 aliphatic rings. The number of hydrogen-bond donors (Lipinski definition) is 1. The van der Waals surface area contributed by atoms with Crippen LogP contribution < -0.4 is 5.32 Å². The highest BCUT2D eigenvalue weighted by molar-refractivity contribution is 7.11. The molecule has 2 atom stereocenters. The number of hydrogen-bond acceptors (Lipinski definition) is 8. The minimum Gasteiger partial charge on any atom is -0.365 e. The number of aromatic nitrogens is 6. The fourth-order valence-electron chi connectivity index (χ4n) is 3.21. The van der Waals surface area contributed by atoms with Crippen LogP contribution in [0.4, 0.5) is 5.82 Å². The van der Waals surface area contributed by atoms with Crippen LogP contribution in [-0.2, 0) is 6.54 Å². The van der Waals surface area contributed by atoms with Crippen molar-refractivity contribution in [2.45, 2.75) is 32.9 Å². The molecule has 0 bridgehead atoms. The van der Waals surface area contributed by atoms with Crippen LogP contribution in [0.1, 0.15) is 23.2 Å². The quantitative estimate of drug-likeness (QED) is 0.769. The number of aryl methyl sites for hydroxylation is 1. The van der Waals surface area contributed by atoms with E-state index in [9.17, 15) is 0 Å². The van der Waals surface area contributed by atoms with Gasteiger partial charge >= 0.3 is 0 Å². The van der Waals surface area contributed by atoms with Crippen molar-refractivity contribution in [2.75, 3.05) is 18.4 Å². The summed E-state index contributed by atoms with van der Waals surface area (Å²) in [5.74, 6) is 1.36. The SMILES string of the molecule is Cc1ncc(CN2CC[C@H](Nc3ccc4nnnn4n3)[C@@H](C)C2)s1. The standard InChI is InChI=1S/C15H20N8S/c1-10-8-22(9-12-7-16-11(2)24-12)6-5-13(10)17-14-3-4-15-18-20-21-23(15)19-14/h3-4,7,10,13H,5-6,8-9H2,1-2H3,(H,17,19)/t10-,13-/m0/s1. The summed E-state index contributed by atoms with van der Waals surface area (Å²) in [4.78, 5) is 8.20. The van der Waals surface area contributed by atoms with Gasteiger partial charge in [-0.3, -0.25) is 4.90 Å². The van der Waals surface area contributed by atoms with E-state index in [-0.39, 0.29) is 0 Å². The number of fused-ring (bicyclic) bond motifs is 1. The van der Waals surface area contributed by atoms with Gasteiger partial charge in [0, 0.05) is 36.8 Å². The molecule has 0 unspecified atom stereocenters. The molecule has 0 aliphatic carbocycles. The predicted molar refractivity (Wildman–Crippen MR) is 91.9 cm³/mol. The molecule has 0 aromatic carbocycles. The Morgan fingerprint density at radius 3 is 3.08 bits per heavy atom. The molecule has 1 N–H and O–H groups in total. The molecule has 0 amide bonds. The molecule has 8 nitrogen and oxygen atoms in total. The van der Waals surface area contributed by atoms with Crippen LogP contribution in [0.25, 0.3) is 5.65 Å². The molecule has 3 aromatic rings. The van der Waals surface area contributed by atoms with Crippen molar-refractivity contribution >= 4 is 22.8 Å². The summed E-state index contributed by atoms with van der Waals surface area (Å²) in [6.07, 6.45) is 3.09. The lowest BCUT2D eigenvalue weighted by Crippen LogP contribution is -2.44. The minimum absolute atomic E-state index is 0.408. The van der Waals surface area contributed by atoms with Crippen LogP contribution in [0.5, 0.6) is 0 Å². The number of thiazole rings is 1. The van der Waals surface area contributed by atoms with Gasteiger partial charge < -0.3 is 5.32 Å². The van der Waals surface area contributed by atoms with Crippen molar-refractivity contribution in [3.05, 3.63) is 28.2 Å². The predicted octanol–water partition coefficient (Wildman–Crippen LogP) is 1.61. The van der Waals surface area contributed by atoms with Crippen molar-refractivity contribution in [3.8, 4) is 0 Å². The number of nitrogens with one attached hydrogen (secondary N) is 1. The minimum atomic E-state index is 0.408. The third-order valence-electron chi connectivity index (χ3n) is 4.44. The summed E-state index contributed by atoms with van der Waals surface area (Å²) >= 11 is 1.79. The zero-order valence-corrected chi connectivity index (χ0v) is 14.6. The molecule has 1 fully saturated rings. The van der Waals surface area contributed by atoms with Crippen molar-refractivity contribution in [2.24, 2.45) is 5.92 Å². The average Bonchev–Trinajstić information content (AvgIpc) is 3.18. The van der Waals surface area contributed by atoms with E-state index < -0.39 is 0 Å². The van der Waals surface area contributed by atoms with Crippen LogP contribution in [-0.4, -0.2) is 54.3 Å². The Bertz CT molecular complexity index is 828. The van der Waals surface area contributed by atoms with Crippen molar-refractivity contribution in [3.63, 3.8) is 0 Å². The number of piperidine rings is 1. The fourth-order valence-corrected chi connectivity index (χ4v) is 4.04. The van der Waals surface area contributed by atoms with Gasteiger partial charge in [-0.1, -0.05) is 6.92 Å². The fraction of sp³-hybridized carbons (Fsp3) is 0.533. The molecule has 24 heavy (non-hydrogen) atoms. The number of nitrogens with zero attached hydrogens (tertiary/aromatic N) is 7. The van der Waals surface area contributed by atoms with Gasteiger partial charge in [0.2, 0.25) is 0 Å². The first-order valence-electron chi connectivity index (χ1n) is 8.13. The highest BCUT2D eigenvalue weighted by Gasteiger charge is 2.26. The molecular formula is C15H20N8S. The molecule has 0 spiro atoms. The van der Waals surface area contributed by atoms with Gasteiger partial charge in [-0.15, -0.1) is 26.2 Å². The third-order valence-corrected chi connectivity index (χ3v) is 5.34. The van der Waals surface area contributed by atoms with Gasteiger partial charge in [0.15, 0.2) is 5.65 Å². The van der Waals surface area contributed by atoms with E-state index in [0.717, 1.165) is 36.9 Å². The average molecular weight is 344 g/mol. The van der Waals surface area contributed by atoms with Gasteiger partial charge in [-0.2, -0.15) is 0 Å². The first-order chi connectivity index (χ1) is 11.7. The number of anilines is 1. The van der Waals surface area contributed by atoms with Gasteiger partial charge in [-0.25, -0.2) is 4.98 Å². The maximum absolute atomic E-state index is 4.40. The maximum atomic E-state index is 4.40. The van der Waals surface area contributed by atoms with Gasteiger partial charge in [0.05, 0.1) is 5.01 Å². The second-order valence-corrected chi connectivity index (χ2v) is 7.66. The molecular weight excluding hydrogens is 324 g/mol. The monoisotopic (exact) mass is 344 g/mol. The largest absolute Gasteiger partial charge is 0.365 e. The normalized spacial score (nSPS) is 22.1. The highest BCUT2D eigenvalue weighted by Crippen LogP contribution is 2.23. The summed E-state index contributed by atoms with van der Waals surface area (Å²) < 4.78 is 1.45. The Morgan fingerprint density at radius 2 is 2.29 bits per heavy atom. The summed E-state index contributed by atoms with van der Waals surface area (Å²) in [7, 11) is 0. The van der Waals surface area contributed by atoms with E-state index in [0.29, 0.717) is 17.6 Å². The summed E-state index contributed by atoms with van der Waals surface area (Å²) in [6, 6.07) is 4.22. The smallest absolute Gasteiger partial charge is 0.200 e. The van der Waals surface area contributed by atoms with E-state index in [2.05, 4.69) is 49.7 Å². The summed E-state index contributed by atoms with van der Waals surface area (Å²) in [6.45, 7) is 7.49. The zero-order chi connectivity index (χ0) is 16.5. The van der Waals surface area contributed by atoms with Gasteiger partial charge in [0.25, 0.3) is 0 Å². The van der Waals surface area contributed by atoms with Gasteiger partial charge in [-0.05, 0) is 41.8 Å². The second-order valence-electron chi connectivity index (χ2n) is 6.34. The van der Waals surface area contributed by atoms with Crippen molar-refractivity contribution in [1.29, 1.82) is 0 Å². The Balaban J connectivity index is 1.37. The third kappa shape index (κ3) is 3.22. The first kappa shape index (κ1) is 15.4. The molecule has 0 radical (unpaired) electrons. The van der Waals surface area contributed by atoms with Crippen LogP contribution in [0.15, 0.2) is 18.3 Å². The molecule has 0 saturated carbocycles. The van der Waals surface area contributed by atoms with E-state index in [1.165, 1.54) is 9.51 Å². The van der Waals surface area contributed by atoms with Crippen LogP contribution in [0, 0.1) is 12.8 Å². The zero-order valence-electron chi connectivity index (χ0n) is 13.8. The van der Waals surface area contributed by atoms with E-state index in [1.54, 1.807) is 11.3 Å². The summed E-state index contributed by atoms with van der Waals surface area (Å²) in [5, 5.41) is 20.4. The topological polar surface area (TPSA) is 84.1 Å². The van der Waals surface area contributed by atoms with Crippen LogP contribution in [0.2, 0.25) is 0 Å². The molecule has 9 heteroatoms. The lowest BCUT2D eigenvalue weighted by Gasteiger charge is -2.37. The number of rotatable bonds is 4.